The first-order chi connectivity index (χ1) is 25.3. The van der Waals surface area contributed by atoms with E-state index in [2.05, 4.69) is 121 Å². The number of nitrogens with zero attached hydrogens (tertiary/aromatic N) is 3. The molecule has 0 radical (unpaired) electrons. The molecule has 0 aliphatic carbocycles. The number of furan rings is 1. The van der Waals surface area contributed by atoms with Crippen molar-refractivity contribution in [3.63, 3.8) is 0 Å². The average molecular weight is 688 g/mol. The SMILES string of the molecule is c1ccc(-c2nc(-c3cccc4c3sc3ccccc34)nc(-c3cccc4oc5cccc(-c6cccc7sc8ccccc8c67)c5c34)n2)cc1. The zero-order chi connectivity index (χ0) is 33.5. The number of hydrogen-bond donors (Lipinski definition) is 0. The van der Waals surface area contributed by atoms with Crippen LogP contribution in [-0.2, 0) is 0 Å². The number of thiophene rings is 2. The molecule has 7 aromatic carbocycles. The van der Waals surface area contributed by atoms with Crippen LogP contribution in [0.25, 0.3) is 108 Å². The molecule has 238 valence electrons. The standard InChI is InChI=1S/C45H25N3OS2/c1-2-12-26(13-3-1)43-46-44(48-45(47-43)33-20-8-18-30-27-14-4-6-23-36(27)51-42(30)33)32-19-10-22-35-41(32)40-29(16-9-21-34(40)49-35)28-17-11-25-38-39(28)31-15-5-7-24-37(31)50-38/h1-25H. The van der Waals surface area contributed by atoms with E-state index in [1.54, 1.807) is 11.3 Å². The second kappa shape index (κ2) is 11.2. The predicted octanol–water partition coefficient (Wildman–Crippen LogP) is 13.2. The van der Waals surface area contributed by atoms with Gasteiger partial charge in [0, 0.05) is 67.8 Å². The highest BCUT2D eigenvalue weighted by Crippen LogP contribution is 2.46. The maximum absolute atomic E-state index is 6.61. The van der Waals surface area contributed by atoms with Gasteiger partial charge in [-0.1, -0.05) is 115 Å². The number of benzene rings is 7. The first-order valence-corrected chi connectivity index (χ1v) is 18.5. The lowest BCUT2D eigenvalue weighted by Gasteiger charge is -2.11. The van der Waals surface area contributed by atoms with Crippen molar-refractivity contribution in [3.8, 4) is 45.3 Å². The van der Waals surface area contributed by atoms with Gasteiger partial charge < -0.3 is 4.42 Å². The van der Waals surface area contributed by atoms with Crippen molar-refractivity contribution in [2.45, 2.75) is 0 Å². The third kappa shape index (κ3) is 4.40. The van der Waals surface area contributed by atoms with Gasteiger partial charge in [-0.2, -0.15) is 0 Å². The molecule has 4 heterocycles. The smallest absolute Gasteiger partial charge is 0.165 e. The average Bonchev–Trinajstić information content (AvgIpc) is 3.89. The summed E-state index contributed by atoms with van der Waals surface area (Å²) >= 11 is 3.61. The zero-order valence-electron chi connectivity index (χ0n) is 27.0. The molecule has 4 aromatic heterocycles. The van der Waals surface area contributed by atoms with Gasteiger partial charge in [-0.25, -0.2) is 15.0 Å². The van der Waals surface area contributed by atoms with Crippen molar-refractivity contribution in [1.29, 1.82) is 0 Å². The summed E-state index contributed by atoms with van der Waals surface area (Å²) in [6.07, 6.45) is 0. The van der Waals surface area contributed by atoms with Gasteiger partial charge in [0.15, 0.2) is 17.5 Å². The zero-order valence-corrected chi connectivity index (χ0v) is 28.6. The third-order valence-electron chi connectivity index (χ3n) is 9.77. The molecule has 0 unspecified atom stereocenters. The van der Waals surface area contributed by atoms with Crippen LogP contribution in [0.3, 0.4) is 0 Å². The lowest BCUT2D eigenvalue weighted by molar-refractivity contribution is 0.669. The van der Waals surface area contributed by atoms with Crippen molar-refractivity contribution in [2.75, 3.05) is 0 Å². The van der Waals surface area contributed by atoms with E-state index < -0.39 is 0 Å². The number of fused-ring (bicyclic) bond motifs is 9. The van der Waals surface area contributed by atoms with Crippen LogP contribution in [0.2, 0.25) is 0 Å². The molecule has 0 aliphatic heterocycles. The molecule has 0 atom stereocenters. The summed E-state index contributed by atoms with van der Waals surface area (Å²) in [4.78, 5) is 15.6. The molecule has 0 fully saturated rings. The Morgan fingerprint density at radius 2 is 0.882 bits per heavy atom. The maximum Gasteiger partial charge on any atom is 0.165 e. The van der Waals surface area contributed by atoms with Crippen molar-refractivity contribution < 1.29 is 4.42 Å². The molecule has 0 bridgehead atoms. The molecule has 51 heavy (non-hydrogen) atoms. The van der Waals surface area contributed by atoms with Gasteiger partial charge in [0.1, 0.15) is 11.2 Å². The van der Waals surface area contributed by atoms with Crippen LogP contribution in [0.1, 0.15) is 0 Å². The summed E-state index contributed by atoms with van der Waals surface area (Å²) in [5.74, 6) is 1.89. The van der Waals surface area contributed by atoms with Gasteiger partial charge in [-0.15, -0.1) is 22.7 Å². The number of hydrogen-bond acceptors (Lipinski definition) is 6. The molecule has 0 saturated heterocycles. The minimum absolute atomic E-state index is 0.610. The fraction of sp³-hybridized carbons (Fsp3) is 0. The largest absolute Gasteiger partial charge is 0.456 e. The monoisotopic (exact) mass is 687 g/mol. The van der Waals surface area contributed by atoms with Crippen LogP contribution in [0.4, 0.5) is 0 Å². The quantitative estimate of drug-likeness (QED) is 0.185. The third-order valence-corrected chi connectivity index (χ3v) is 12.1. The molecule has 6 heteroatoms. The Kier molecular flexibility index (Phi) is 6.26. The van der Waals surface area contributed by atoms with Crippen molar-refractivity contribution in [3.05, 3.63) is 152 Å². The van der Waals surface area contributed by atoms with E-state index >= 15 is 0 Å². The minimum Gasteiger partial charge on any atom is -0.456 e. The van der Waals surface area contributed by atoms with Crippen LogP contribution in [0, 0.1) is 0 Å². The highest BCUT2D eigenvalue weighted by molar-refractivity contribution is 7.26. The Morgan fingerprint density at radius 3 is 1.69 bits per heavy atom. The van der Waals surface area contributed by atoms with Gasteiger partial charge in [0.05, 0.1) is 0 Å². The fourth-order valence-corrected chi connectivity index (χ4v) is 9.88. The van der Waals surface area contributed by atoms with Crippen LogP contribution in [-0.4, -0.2) is 15.0 Å². The summed E-state index contributed by atoms with van der Waals surface area (Å²) in [5, 5.41) is 7.04. The second-order valence-electron chi connectivity index (χ2n) is 12.7. The van der Waals surface area contributed by atoms with E-state index in [0.29, 0.717) is 17.5 Å². The lowest BCUT2D eigenvalue weighted by atomic mass is 9.94. The molecule has 0 aliphatic rings. The number of aromatic nitrogens is 3. The Balaban J connectivity index is 1.21. The van der Waals surface area contributed by atoms with E-state index in [4.69, 9.17) is 19.4 Å². The normalized spacial score (nSPS) is 11.9. The van der Waals surface area contributed by atoms with Crippen molar-refractivity contribution >= 4 is 85.0 Å². The Labute approximate surface area is 299 Å². The van der Waals surface area contributed by atoms with E-state index in [1.807, 2.05) is 41.7 Å². The summed E-state index contributed by atoms with van der Waals surface area (Å²) in [6.45, 7) is 0. The molecule has 0 N–H and O–H groups in total. The highest BCUT2D eigenvalue weighted by Gasteiger charge is 2.22. The van der Waals surface area contributed by atoms with Crippen molar-refractivity contribution in [2.24, 2.45) is 0 Å². The number of rotatable bonds is 4. The Morgan fingerprint density at radius 1 is 0.353 bits per heavy atom. The summed E-state index contributed by atoms with van der Waals surface area (Å²) in [7, 11) is 0. The maximum atomic E-state index is 6.61. The first kappa shape index (κ1) is 28.6. The molecular formula is C45H25N3OS2. The molecule has 0 saturated carbocycles. The van der Waals surface area contributed by atoms with Crippen molar-refractivity contribution in [1.82, 2.24) is 15.0 Å². The van der Waals surface area contributed by atoms with E-state index in [1.165, 1.54) is 45.9 Å². The molecular weight excluding hydrogens is 663 g/mol. The van der Waals surface area contributed by atoms with Crippen LogP contribution < -0.4 is 0 Å². The molecule has 0 spiro atoms. The van der Waals surface area contributed by atoms with E-state index in [9.17, 15) is 0 Å². The van der Waals surface area contributed by atoms with Gasteiger partial charge in [0.2, 0.25) is 0 Å². The minimum atomic E-state index is 0.610. The first-order valence-electron chi connectivity index (χ1n) is 16.9. The molecule has 0 amide bonds. The van der Waals surface area contributed by atoms with Gasteiger partial charge in [0.25, 0.3) is 0 Å². The predicted molar refractivity (Wildman–Crippen MR) is 215 cm³/mol. The molecule has 4 nitrogen and oxygen atoms in total. The van der Waals surface area contributed by atoms with Crippen LogP contribution >= 0.6 is 22.7 Å². The fourth-order valence-electron chi connectivity index (χ4n) is 7.53. The molecule has 11 rings (SSSR count). The van der Waals surface area contributed by atoms with Gasteiger partial charge in [-0.3, -0.25) is 0 Å². The second-order valence-corrected chi connectivity index (χ2v) is 14.8. The molecule has 11 aromatic rings. The Bertz CT molecular complexity index is 3160. The van der Waals surface area contributed by atoms with E-state index in [-0.39, 0.29) is 0 Å². The van der Waals surface area contributed by atoms with Gasteiger partial charge in [-0.05, 0) is 47.5 Å². The Hall–Kier alpha value is -6.21. The highest BCUT2D eigenvalue weighted by atomic mass is 32.1. The summed E-state index contributed by atoms with van der Waals surface area (Å²) in [6, 6.07) is 53.0. The van der Waals surface area contributed by atoms with Gasteiger partial charge >= 0.3 is 0 Å². The summed E-state index contributed by atoms with van der Waals surface area (Å²) in [5.41, 5.74) is 6.78. The summed E-state index contributed by atoms with van der Waals surface area (Å²) < 4.78 is 11.6. The van der Waals surface area contributed by atoms with Crippen LogP contribution in [0.15, 0.2) is 156 Å². The lowest BCUT2D eigenvalue weighted by Crippen LogP contribution is -2.00. The van der Waals surface area contributed by atoms with Crippen LogP contribution in [0.5, 0.6) is 0 Å². The topological polar surface area (TPSA) is 51.8 Å². The van der Waals surface area contributed by atoms with E-state index in [0.717, 1.165) is 44.2 Å².